The predicted molar refractivity (Wildman–Crippen MR) is 96.2 cm³/mol. The molecule has 0 bridgehead atoms. The molecule has 2 atom stereocenters. The second kappa shape index (κ2) is 7.09. The average Bonchev–Trinajstić information content (AvgIpc) is 2.96. The highest BCUT2D eigenvalue weighted by Gasteiger charge is 2.38. The van der Waals surface area contributed by atoms with Crippen molar-refractivity contribution in [3.05, 3.63) is 65.2 Å². The van der Waals surface area contributed by atoms with Crippen LogP contribution in [0.2, 0.25) is 0 Å². The molecule has 2 aromatic rings. The number of rotatable bonds is 4. The van der Waals surface area contributed by atoms with Crippen LogP contribution >= 0.6 is 0 Å². The van der Waals surface area contributed by atoms with Gasteiger partial charge in [0, 0.05) is 13.0 Å². The minimum atomic E-state index is -0.417. The van der Waals surface area contributed by atoms with Gasteiger partial charge in [-0.15, -0.1) is 0 Å². The van der Waals surface area contributed by atoms with E-state index in [1.165, 1.54) is 0 Å². The molecule has 1 amide bonds. The van der Waals surface area contributed by atoms with Crippen molar-refractivity contribution in [2.75, 3.05) is 6.54 Å². The fourth-order valence-electron chi connectivity index (χ4n) is 3.37. The molecular formula is C21H23NO3. The Morgan fingerprint density at radius 1 is 1.12 bits per heavy atom. The zero-order valence-electron chi connectivity index (χ0n) is 14.9. The van der Waals surface area contributed by atoms with Crippen molar-refractivity contribution >= 4 is 11.9 Å². The molecule has 25 heavy (non-hydrogen) atoms. The van der Waals surface area contributed by atoms with Gasteiger partial charge in [0.2, 0.25) is 5.91 Å². The summed E-state index contributed by atoms with van der Waals surface area (Å²) in [7, 11) is 0. The first-order valence-corrected chi connectivity index (χ1v) is 8.58. The van der Waals surface area contributed by atoms with E-state index >= 15 is 0 Å². The van der Waals surface area contributed by atoms with Crippen LogP contribution in [0.15, 0.2) is 48.5 Å². The van der Waals surface area contributed by atoms with Gasteiger partial charge in [-0.1, -0.05) is 36.4 Å². The maximum absolute atomic E-state index is 12.5. The minimum absolute atomic E-state index is 0.00118. The number of likely N-dealkylation sites (tertiary alicyclic amines) is 1. The average molecular weight is 337 g/mol. The van der Waals surface area contributed by atoms with Gasteiger partial charge in [-0.25, -0.2) is 0 Å². The number of carbonyl (C=O) groups excluding carboxylic acids is 2. The molecule has 1 saturated heterocycles. The highest BCUT2D eigenvalue weighted by Crippen LogP contribution is 2.29. The summed E-state index contributed by atoms with van der Waals surface area (Å²) >= 11 is 0. The van der Waals surface area contributed by atoms with Crippen molar-refractivity contribution in [3.63, 3.8) is 0 Å². The van der Waals surface area contributed by atoms with Crippen molar-refractivity contribution in [3.8, 4) is 5.75 Å². The van der Waals surface area contributed by atoms with Gasteiger partial charge in [0.25, 0.3) is 0 Å². The first kappa shape index (κ1) is 17.2. The van der Waals surface area contributed by atoms with Gasteiger partial charge in [0.15, 0.2) is 0 Å². The Hall–Kier alpha value is -2.62. The van der Waals surface area contributed by atoms with Crippen molar-refractivity contribution in [2.24, 2.45) is 5.92 Å². The fourth-order valence-corrected chi connectivity index (χ4v) is 3.37. The van der Waals surface area contributed by atoms with Gasteiger partial charge in [-0.3, -0.25) is 9.59 Å². The third-order valence-corrected chi connectivity index (χ3v) is 4.65. The summed E-state index contributed by atoms with van der Waals surface area (Å²) in [4.78, 5) is 26.6. The topological polar surface area (TPSA) is 46.6 Å². The maximum atomic E-state index is 12.5. The number of benzene rings is 2. The molecule has 0 aromatic heterocycles. The lowest BCUT2D eigenvalue weighted by atomic mass is 10.1. The molecule has 4 heteroatoms. The molecule has 4 nitrogen and oxygen atoms in total. The van der Waals surface area contributed by atoms with Gasteiger partial charge in [-0.05, 0) is 49.6 Å². The third kappa shape index (κ3) is 3.90. The van der Waals surface area contributed by atoms with Crippen molar-refractivity contribution < 1.29 is 14.3 Å². The Kier molecular flexibility index (Phi) is 4.88. The normalized spacial score (nSPS) is 18.3. The van der Waals surface area contributed by atoms with Crippen LogP contribution < -0.4 is 4.74 Å². The van der Waals surface area contributed by atoms with E-state index in [1.807, 2.05) is 69.3 Å². The molecule has 0 unspecified atom stereocenters. The molecule has 0 aliphatic carbocycles. The Morgan fingerprint density at radius 2 is 1.76 bits per heavy atom. The highest BCUT2D eigenvalue weighted by atomic mass is 16.5. The van der Waals surface area contributed by atoms with Crippen LogP contribution in [0.25, 0.3) is 0 Å². The second-order valence-electron chi connectivity index (χ2n) is 6.78. The lowest BCUT2D eigenvalue weighted by molar-refractivity contribution is -0.139. The number of carbonyl (C=O) groups is 2. The van der Waals surface area contributed by atoms with E-state index in [1.54, 1.807) is 4.90 Å². The molecule has 0 radical (unpaired) electrons. The number of esters is 1. The van der Waals surface area contributed by atoms with Crippen LogP contribution in [0, 0.1) is 19.8 Å². The van der Waals surface area contributed by atoms with Crippen LogP contribution in [0.3, 0.4) is 0 Å². The molecule has 3 rings (SSSR count). The Labute approximate surface area is 148 Å². The van der Waals surface area contributed by atoms with E-state index in [-0.39, 0.29) is 24.3 Å². The van der Waals surface area contributed by atoms with Crippen molar-refractivity contribution in [1.82, 2.24) is 4.90 Å². The molecule has 0 N–H and O–H groups in total. The first-order valence-electron chi connectivity index (χ1n) is 8.58. The summed E-state index contributed by atoms with van der Waals surface area (Å²) in [5.41, 5.74) is 3.16. The summed E-state index contributed by atoms with van der Waals surface area (Å²) in [6, 6.07) is 15.5. The number of ether oxygens (including phenoxy) is 1. The summed E-state index contributed by atoms with van der Waals surface area (Å²) in [5, 5.41) is 0. The van der Waals surface area contributed by atoms with E-state index in [9.17, 15) is 9.59 Å². The molecule has 2 aromatic carbocycles. The number of nitrogens with zero attached hydrogens (tertiary/aromatic N) is 1. The van der Waals surface area contributed by atoms with Gasteiger partial charge in [-0.2, -0.15) is 0 Å². The van der Waals surface area contributed by atoms with Crippen LogP contribution in [-0.2, 0) is 9.59 Å². The van der Waals surface area contributed by atoms with Gasteiger partial charge in [0.05, 0.1) is 12.0 Å². The first-order chi connectivity index (χ1) is 11.9. The maximum Gasteiger partial charge on any atom is 0.316 e. The number of aryl methyl sites for hydroxylation is 2. The second-order valence-corrected chi connectivity index (χ2v) is 6.78. The summed E-state index contributed by atoms with van der Waals surface area (Å²) in [6.07, 6.45) is 0.209. The van der Waals surface area contributed by atoms with Crippen LogP contribution in [-0.4, -0.2) is 23.3 Å². The smallest absolute Gasteiger partial charge is 0.316 e. The molecule has 1 aliphatic rings. The zero-order valence-corrected chi connectivity index (χ0v) is 14.9. The van der Waals surface area contributed by atoms with Crippen LogP contribution in [0.1, 0.15) is 36.1 Å². The summed E-state index contributed by atoms with van der Waals surface area (Å²) < 4.78 is 5.52. The number of hydrogen-bond donors (Lipinski definition) is 0. The lowest BCUT2D eigenvalue weighted by Gasteiger charge is -2.25. The van der Waals surface area contributed by atoms with Crippen LogP contribution in [0.5, 0.6) is 5.75 Å². The lowest BCUT2D eigenvalue weighted by Crippen LogP contribution is -2.30. The highest BCUT2D eigenvalue weighted by molar-refractivity contribution is 5.88. The molecule has 1 aliphatic heterocycles. The molecule has 0 spiro atoms. The number of amides is 1. The number of hydrogen-bond acceptors (Lipinski definition) is 3. The minimum Gasteiger partial charge on any atom is -0.426 e. The largest absolute Gasteiger partial charge is 0.426 e. The van der Waals surface area contributed by atoms with Gasteiger partial charge in [0.1, 0.15) is 5.75 Å². The van der Waals surface area contributed by atoms with E-state index in [4.69, 9.17) is 4.74 Å². The molecular weight excluding hydrogens is 314 g/mol. The molecule has 130 valence electrons. The summed E-state index contributed by atoms with van der Waals surface area (Å²) in [5.74, 6) is -0.205. The van der Waals surface area contributed by atoms with E-state index in [0.717, 1.165) is 16.7 Å². The Balaban J connectivity index is 1.68. The van der Waals surface area contributed by atoms with E-state index < -0.39 is 5.92 Å². The molecule has 1 fully saturated rings. The Bertz CT molecular complexity index is 765. The van der Waals surface area contributed by atoms with Gasteiger partial charge < -0.3 is 9.64 Å². The van der Waals surface area contributed by atoms with Crippen LogP contribution in [0.4, 0.5) is 0 Å². The fraction of sp³-hybridized carbons (Fsp3) is 0.333. The molecule has 1 heterocycles. The molecule has 0 saturated carbocycles. The van der Waals surface area contributed by atoms with E-state index in [0.29, 0.717) is 12.3 Å². The van der Waals surface area contributed by atoms with Crippen molar-refractivity contribution in [2.45, 2.75) is 33.2 Å². The quantitative estimate of drug-likeness (QED) is 0.629. The predicted octanol–water partition coefficient (Wildman–Crippen LogP) is 3.82. The Morgan fingerprint density at radius 3 is 2.40 bits per heavy atom. The third-order valence-electron chi connectivity index (χ3n) is 4.65. The SMILES string of the molecule is Cc1cc(C)cc(OC(=O)[C@@H]2CC(=O)N([C@@H](C)c3ccccc3)C2)c1. The van der Waals surface area contributed by atoms with Crippen molar-refractivity contribution in [1.29, 1.82) is 0 Å². The monoisotopic (exact) mass is 337 g/mol. The zero-order chi connectivity index (χ0) is 18.0. The van der Waals surface area contributed by atoms with E-state index in [2.05, 4.69) is 0 Å². The summed E-state index contributed by atoms with van der Waals surface area (Å²) in [6.45, 7) is 6.32. The standard InChI is InChI=1S/C21H23NO3/c1-14-9-15(2)11-19(10-14)25-21(24)18-12-20(23)22(13-18)16(3)17-7-5-4-6-8-17/h4-11,16,18H,12-13H2,1-3H3/t16-,18+/m0/s1. The van der Waals surface area contributed by atoms with Gasteiger partial charge >= 0.3 is 5.97 Å².